The summed E-state index contributed by atoms with van der Waals surface area (Å²) in [5, 5.41) is 3.90. The van der Waals surface area contributed by atoms with Gasteiger partial charge in [0.25, 0.3) is 0 Å². The summed E-state index contributed by atoms with van der Waals surface area (Å²) >= 11 is 6.02. The second-order valence-electron chi connectivity index (χ2n) is 5.33. The van der Waals surface area contributed by atoms with E-state index in [0.29, 0.717) is 30.7 Å². The number of carbonyl (C=O) groups is 1. The minimum atomic E-state index is -0.0489. The molecular weight excluding hydrogens is 316 g/mol. The first-order chi connectivity index (χ1) is 10.9. The first-order valence-electron chi connectivity index (χ1n) is 7.37. The number of hydrogen-bond donors (Lipinski definition) is 1. The standard InChI is InChI=1S/C16H25ClN4O2/c1-20(2)15(22)11-19-16(18-8-9-23-4)21(3)12-13-6-5-7-14(17)10-13/h5-7,10H,8-9,11-12H2,1-4H3,(H,18,19). The maximum atomic E-state index is 11.7. The zero-order valence-electron chi connectivity index (χ0n) is 14.2. The lowest BCUT2D eigenvalue weighted by atomic mass is 10.2. The Morgan fingerprint density at radius 1 is 1.35 bits per heavy atom. The van der Waals surface area contributed by atoms with Gasteiger partial charge in [-0.2, -0.15) is 0 Å². The van der Waals surface area contributed by atoms with Crippen LogP contribution in [0.15, 0.2) is 29.3 Å². The van der Waals surface area contributed by atoms with E-state index in [0.717, 1.165) is 5.56 Å². The predicted molar refractivity (Wildman–Crippen MR) is 93.8 cm³/mol. The molecule has 23 heavy (non-hydrogen) atoms. The number of rotatable bonds is 7. The number of likely N-dealkylation sites (N-methyl/N-ethyl adjacent to an activating group) is 1. The molecule has 0 atom stereocenters. The molecule has 0 aromatic heterocycles. The molecule has 1 N–H and O–H groups in total. The van der Waals surface area contributed by atoms with E-state index in [2.05, 4.69) is 10.3 Å². The zero-order valence-corrected chi connectivity index (χ0v) is 14.9. The number of halogens is 1. The van der Waals surface area contributed by atoms with Crippen LogP contribution in [0.25, 0.3) is 0 Å². The van der Waals surface area contributed by atoms with Crippen molar-refractivity contribution in [3.8, 4) is 0 Å². The van der Waals surface area contributed by atoms with Crippen LogP contribution in [0.5, 0.6) is 0 Å². The monoisotopic (exact) mass is 340 g/mol. The molecule has 0 heterocycles. The van der Waals surface area contributed by atoms with E-state index >= 15 is 0 Å². The maximum Gasteiger partial charge on any atom is 0.243 e. The first-order valence-corrected chi connectivity index (χ1v) is 7.74. The summed E-state index contributed by atoms with van der Waals surface area (Å²) in [4.78, 5) is 19.6. The fourth-order valence-corrected chi connectivity index (χ4v) is 2.06. The van der Waals surface area contributed by atoms with Crippen molar-refractivity contribution in [2.75, 3.05) is 47.9 Å². The number of nitrogens with one attached hydrogen (secondary N) is 1. The van der Waals surface area contributed by atoms with Gasteiger partial charge in [0.1, 0.15) is 6.54 Å². The van der Waals surface area contributed by atoms with Gasteiger partial charge in [-0.1, -0.05) is 23.7 Å². The molecule has 7 heteroatoms. The SMILES string of the molecule is COCCNC(=NCC(=O)N(C)C)N(C)Cc1cccc(Cl)c1. The normalized spacial score (nSPS) is 11.3. The molecule has 0 aliphatic heterocycles. The highest BCUT2D eigenvalue weighted by atomic mass is 35.5. The Morgan fingerprint density at radius 2 is 2.09 bits per heavy atom. The number of aliphatic imine (C=N–C) groups is 1. The Hall–Kier alpha value is -1.79. The third-order valence-electron chi connectivity index (χ3n) is 3.12. The highest BCUT2D eigenvalue weighted by Gasteiger charge is 2.09. The Kier molecular flexibility index (Phi) is 8.43. The maximum absolute atomic E-state index is 11.7. The smallest absolute Gasteiger partial charge is 0.243 e. The first kappa shape index (κ1) is 19.3. The molecule has 1 rings (SSSR count). The molecule has 0 radical (unpaired) electrons. The summed E-state index contributed by atoms with van der Waals surface area (Å²) in [5.41, 5.74) is 1.07. The van der Waals surface area contributed by atoms with Crippen molar-refractivity contribution >= 4 is 23.5 Å². The van der Waals surface area contributed by atoms with Crippen molar-refractivity contribution in [1.29, 1.82) is 0 Å². The molecular formula is C16H25ClN4O2. The van der Waals surface area contributed by atoms with Crippen molar-refractivity contribution in [1.82, 2.24) is 15.1 Å². The molecule has 0 saturated heterocycles. The number of benzene rings is 1. The molecule has 0 saturated carbocycles. The summed E-state index contributed by atoms with van der Waals surface area (Å²) in [6.45, 7) is 1.91. The van der Waals surface area contributed by atoms with E-state index in [1.165, 1.54) is 4.90 Å². The fraction of sp³-hybridized carbons (Fsp3) is 0.500. The van der Waals surface area contributed by atoms with Crippen LogP contribution in [0.3, 0.4) is 0 Å². The summed E-state index contributed by atoms with van der Waals surface area (Å²) in [5.74, 6) is 0.601. The van der Waals surface area contributed by atoms with E-state index in [1.807, 2.05) is 36.2 Å². The van der Waals surface area contributed by atoms with E-state index in [4.69, 9.17) is 16.3 Å². The van der Waals surface area contributed by atoms with Gasteiger partial charge in [0.15, 0.2) is 5.96 Å². The quantitative estimate of drug-likeness (QED) is 0.464. The number of guanidine groups is 1. The molecule has 0 spiro atoms. The Balaban J connectivity index is 2.76. The molecule has 0 aliphatic rings. The van der Waals surface area contributed by atoms with Gasteiger partial charge in [0, 0.05) is 46.4 Å². The van der Waals surface area contributed by atoms with Crippen LogP contribution in [0, 0.1) is 0 Å². The third-order valence-corrected chi connectivity index (χ3v) is 3.36. The summed E-state index contributed by atoms with van der Waals surface area (Å²) in [6, 6.07) is 7.67. The summed E-state index contributed by atoms with van der Waals surface area (Å²) in [6.07, 6.45) is 0. The molecule has 1 amide bonds. The molecule has 0 unspecified atom stereocenters. The molecule has 1 aromatic rings. The van der Waals surface area contributed by atoms with Gasteiger partial charge < -0.3 is 19.9 Å². The highest BCUT2D eigenvalue weighted by Crippen LogP contribution is 2.12. The lowest BCUT2D eigenvalue weighted by molar-refractivity contribution is -0.127. The average molecular weight is 341 g/mol. The van der Waals surface area contributed by atoms with Crippen LogP contribution in [0.2, 0.25) is 5.02 Å². The van der Waals surface area contributed by atoms with E-state index < -0.39 is 0 Å². The summed E-state index contributed by atoms with van der Waals surface area (Å²) < 4.78 is 5.04. The Bertz CT molecular complexity index is 535. The van der Waals surface area contributed by atoms with Crippen LogP contribution >= 0.6 is 11.6 Å². The van der Waals surface area contributed by atoms with E-state index in [1.54, 1.807) is 21.2 Å². The van der Waals surface area contributed by atoms with Crippen molar-refractivity contribution in [2.24, 2.45) is 4.99 Å². The summed E-state index contributed by atoms with van der Waals surface area (Å²) in [7, 11) is 6.99. The average Bonchev–Trinajstić information content (AvgIpc) is 2.50. The van der Waals surface area contributed by atoms with Gasteiger partial charge >= 0.3 is 0 Å². The second-order valence-corrected chi connectivity index (χ2v) is 5.77. The van der Waals surface area contributed by atoms with Crippen molar-refractivity contribution in [3.63, 3.8) is 0 Å². The number of nitrogens with zero attached hydrogens (tertiary/aromatic N) is 3. The largest absolute Gasteiger partial charge is 0.383 e. The fourth-order valence-electron chi connectivity index (χ4n) is 1.84. The lowest BCUT2D eigenvalue weighted by Crippen LogP contribution is -2.41. The number of ether oxygens (including phenoxy) is 1. The molecule has 1 aromatic carbocycles. The number of amides is 1. The number of hydrogen-bond acceptors (Lipinski definition) is 3. The lowest BCUT2D eigenvalue weighted by Gasteiger charge is -2.23. The minimum absolute atomic E-state index is 0.0489. The van der Waals surface area contributed by atoms with Crippen LogP contribution in [-0.2, 0) is 16.1 Å². The van der Waals surface area contributed by atoms with Gasteiger partial charge in [-0.3, -0.25) is 4.79 Å². The van der Waals surface area contributed by atoms with Crippen LogP contribution in [0.4, 0.5) is 0 Å². The zero-order chi connectivity index (χ0) is 17.2. The molecule has 0 fully saturated rings. The van der Waals surface area contributed by atoms with Crippen LogP contribution in [0.1, 0.15) is 5.56 Å². The van der Waals surface area contributed by atoms with Crippen molar-refractivity contribution in [2.45, 2.75) is 6.54 Å². The van der Waals surface area contributed by atoms with Crippen LogP contribution in [-0.4, -0.2) is 69.6 Å². The van der Waals surface area contributed by atoms with Gasteiger partial charge in [0.05, 0.1) is 6.61 Å². The molecule has 0 bridgehead atoms. The number of carbonyl (C=O) groups excluding carboxylic acids is 1. The van der Waals surface area contributed by atoms with E-state index in [9.17, 15) is 4.79 Å². The van der Waals surface area contributed by atoms with E-state index in [-0.39, 0.29) is 12.5 Å². The van der Waals surface area contributed by atoms with Gasteiger partial charge in [-0.25, -0.2) is 4.99 Å². The predicted octanol–water partition coefficient (Wildman–Crippen LogP) is 1.45. The Morgan fingerprint density at radius 3 is 2.70 bits per heavy atom. The highest BCUT2D eigenvalue weighted by molar-refractivity contribution is 6.30. The Labute approximate surface area is 143 Å². The van der Waals surface area contributed by atoms with Gasteiger partial charge in [0.2, 0.25) is 5.91 Å². The topological polar surface area (TPSA) is 57.2 Å². The molecule has 6 nitrogen and oxygen atoms in total. The minimum Gasteiger partial charge on any atom is -0.383 e. The van der Waals surface area contributed by atoms with Gasteiger partial charge in [-0.05, 0) is 17.7 Å². The molecule has 0 aliphatic carbocycles. The molecule has 128 valence electrons. The second kappa shape index (κ2) is 10.1. The van der Waals surface area contributed by atoms with Crippen molar-refractivity contribution in [3.05, 3.63) is 34.9 Å². The number of methoxy groups -OCH3 is 1. The van der Waals surface area contributed by atoms with Crippen molar-refractivity contribution < 1.29 is 9.53 Å². The third kappa shape index (κ3) is 7.34. The van der Waals surface area contributed by atoms with Crippen LogP contribution < -0.4 is 5.32 Å². The van der Waals surface area contributed by atoms with Gasteiger partial charge in [-0.15, -0.1) is 0 Å².